The maximum absolute atomic E-state index is 13.0. The van der Waals surface area contributed by atoms with Gasteiger partial charge in [0.25, 0.3) is 0 Å². The zero-order valence-corrected chi connectivity index (χ0v) is 22.3. The molecule has 2 aliphatic rings. The van der Waals surface area contributed by atoms with E-state index in [9.17, 15) is 4.79 Å². The molecule has 1 aromatic heterocycles. The summed E-state index contributed by atoms with van der Waals surface area (Å²) in [6.07, 6.45) is 4.19. The van der Waals surface area contributed by atoms with E-state index in [1.54, 1.807) is 0 Å². The van der Waals surface area contributed by atoms with Crippen molar-refractivity contribution in [3.63, 3.8) is 0 Å². The van der Waals surface area contributed by atoms with Crippen molar-refractivity contribution in [1.82, 2.24) is 20.4 Å². The van der Waals surface area contributed by atoms with E-state index in [2.05, 4.69) is 63.4 Å². The Hall–Kier alpha value is -3.19. The summed E-state index contributed by atoms with van der Waals surface area (Å²) in [5.41, 5.74) is 4.57. The molecule has 196 valence electrons. The molecule has 2 fully saturated rings. The van der Waals surface area contributed by atoms with Crippen molar-refractivity contribution >= 4 is 11.6 Å². The van der Waals surface area contributed by atoms with Gasteiger partial charge in [0, 0.05) is 30.3 Å². The first-order valence-electron chi connectivity index (χ1n) is 13.7. The summed E-state index contributed by atoms with van der Waals surface area (Å²) >= 11 is 0. The van der Waals surface area contributed by atoms with Gasteiger partial charge in [-0.3, -0.25) is 9.69 Å². The lowest BCUT2D eigenvalue weighted by Gasteiger charge is -2.32. The highest BCUT2D eigenvalue weighted by molar-refractivity contribution is 5.79. The molecule has 37 heavy (non-hydrogen) atoms. The van der Waals surface area contributed by atoms with Crippen LogP contribution in [-0.2, 0) is 11.3 Å². The molecule has 0 spiro atoms. The van der Waals surface area contributed by atoms with E-state index >= 15 is 0 Å². The fraction of sp³-hybridized carbons (Fsp3) is 0.500. The molecule has 1 atom stereocenters. The summed E-state index contributed by atoms with van der Waals surface area (Å²) in [5.74, 6) is 2.28. The fourth-order valence-corrected chi connectivity index (χ4v) is 5.45. The Morgan fingerprint density at radius 2 is 1.73 bits per heavy atom. The summed E-state index contributed by atoms with van der Waals surface area (Å²) < 4.78 is 5.52. The van der Waals surface area contributed by atoms with E-state index in [4.69, 9.17) is 4.52 Å². The number of nitrogens with one attached hydrogen (secondary N) is 1. The van der Waals surface area contributed by atoms with E-state index in [0.717, 1.165) is 61.6 Å². The Balaban J connectivity index is 1.08. The van der Waals surface area contributed by atoms with Crippen molar-refractivity contribution < 1.29 is 9.32 Å². The Kier molecular flexibility index (Phi) is 7.89. The van der Waals surface area contributed by atoms with Crippen molar-refractivity contribution in [2.24, 2.45) is 11.8 Å². The van der Waals surface area contributed by atoms with Crippen LogP contribution in [0.1, 0.15) is 62.6 Å². The molecule has 3 aromatic rings. The summed E-state index contributed by atoms with van der Waals surface area (Å²) in [7, 11) is 0. The second kappa shape index (κ2) is 11.5. The Bertz CT molecular complexity index is 1170. The molecule has 5 rings (SSSR count). The number of amides is 1. The normalized spacial score (nSPS) is 18.6. The third kappa shape index (κ3) is 6.21. The highest BCUT2D eigenvalue weighted by Gasteiger charge is 2.27. The van der Waals surface area contributed by atoms with Crippen molar-refractivity contribution in [1.29, 1.82) is 0 Å². The molecular weight excluding hydrogens is 462 g/mol. The predicted molar refractivity (Wildman–Crippen MR) is 146 cm³/mol. The lowest BCUT2D eigenvalue weighted by Crippen LogP contribution is -2.41. The van der Waals surface area contributed by atoms with Gasteiger partial charge in [0.2, 0.25) is 17.6 Å². The average Bonchev–Trinajstić information content (AvgIpc) is 3.38. The van der Waals surface area contributed by atoms with Crippen molar-refractivity contribution in [3.8, 4) is 11.4 Å². The largest absolute Gasteiger partial charge is 0.372 e. The topological polar surface area (TPSA) is 74.5 Å². The lowest BCUT2D eigenvalue weighted by atomic mass is 9.95. The van der Waals surface area contributed by atoms with Crippen molar-refractivity contribution in [2.75, 3.05) is 31.1 Å². The van der Waals surface area contributed by atoms with Crippen LogP contribution >= 0.6 is 0 Å². The smallest absolute Gasteiger partial charge is 0.241 e. The van der Waals surface area contributed by atoms with Crippen LogP contribution in [0.4, 0.5) is 5.69 Å². The highest BCUT2D eigenvalue weighted by Crippen LogP contribution is 2.26. The molecule has 1 unspecified atom stereocenters. The van der Waals surface area contributed by atoms with Crippen LogP contribution in [0, 0.1) is 18.8 Å². The second-order valence-electron chi connectivity index (χ2n) is 10.9. The molecule has 7 heteroatoms. The monoisotopic (exact) mass is 501 g/mol. The molecular formula is C30H39N5O2. The van der Waals surface area contributed by atoms with Gasteiger partial charge in [-0.1, -0.05) is 48.5 Å². The van der Waals surface area contributed by atoms with E-state index < -0.39 is 0 Å². The first-order chi connectivity index (χ1) is 18.0. The minimum absolute atomic E-state index is 0.000727. The van der Waals surface area contributed by atoms with Crippen LogP contribution in [0.25, 0.3) is 11.4 Å². The molecule has 1 amide bonds. The van der Waals surface area contributed by atoms with Crippen molar-refractivity contribution in [3.05, 3.63) is 65.5 Å². The number of likely N-dealkylation sites (tertiary alicyclic amines) is 1. The molecule has 0 radical (unpaired) electrons. The zero-order valence-electron chi connectivity index (χ0n) is 22.3. The second-order valence-corrected chi connectivity index (χ2v) is 10.9. The predicted octanol–water partition coefficient (Wildman–Crippen LogP) is 5.37. The number of carbonyl (C=O) groups excluding carboxylic acids is 1. The first kappa shape index (κ1) is 25.5. The van der Waals surface area contributed by atoms with Gasteiger partial charge in [0.1, 0.15) is 0 Å². The minimum Gasteiger partial charge on any atom is -0.372 e. The number of aromatic nitrogens is 2. The van der Waals surface area contributed by atoms with Gasteiger partial charge in [-0.2, -0.15) is 4.98 Å². The standard InChI is InChI=1S/C30H39N5O2/c1-21-12-18-35(19-13-21)26-10-8-24(9-11-26)23(3)31-30(36)25-14-16-34(17-15-25)20-28-32-29(33-37-28)27-7-5-4-6-22(27)2/h4-11,21,23,25H,12-20H2,1-3H3,(H,31,36). The number of anilines is 1. The van der Waals surface area contributed by atoms with Gasteiger partial charge in [0.15, 0.2) is 0 Å². The maximum Gasteiger partial charge on any atom is 0.241 e. The molecule has 7 nitrogen and oxygen atoms in total. The number of benzene rings is 2. The number of hydrogen-bond donors (Lipinski definition) is 1. The first-order valence-corrected chi connectivity index (χ1v) is 13.7. The van der Waals surface area contributed by atoms with Gasteiger partial charge < -0.3 is 14.7 Å². The van der Waals surface area contributed by atoms with E-state index in [1.807, 2.05) is 31.2 Å². The van der Waals surface area contributed by atoms with Gasteiger partial charge in [-0.25, -0.2) is 0 Å². The van der Waals surface area contributed by atoms with E-state index in [-0.39, 0.29) is 17.9 Å². The Morgan fingerprint density at radius 3 is 2.43 bits per heavy atom. The quantitative estimate of drug-likeness (QED) is 0.469. The summed E-state index contributed by atoms with van der Waals surface area (Å²) in [6, 6.07) is 16.8. The molecule has 3 heterocycles. The SMILES string of the molecule is Cc1ccccc1-c1noc(CN2CCC(C(=O)NC(C)c3ccc(N4CCC(C)CC4)cc3)CC2)n1. The highest BCUT2D eigenvalue weighted by atomic mass is 16.5. The maximum atomic E-state index is 13.0. The van der Waals surface area contributed by atoms with Crippen LogP contribution < -0.4 is 10.2 Å². The van der Waals surface area contributed by atoms with Crippen LogP contribution in [-0.4, -0.2) is 47.1 Å². The summed E-state index contributed by atoms with van der Waals surface area (Å²) in [6.45, 7) is 11.0. The number of nitrogens with zero attached hydrogens (tertiary/aromatic N) is 4. The van der Waals surface area contributed by atoms with Crippen LogP contribution in [0.2, 0.25) is 0 Å². The lowest BCUT2D eigenvalue weighted by molar-refractivity contribution is -0.127. The van der Waals surface area contributed by atoms with Crippen LogP contribution in [0.15, 0.2) is 53.1 Å². The molecule has 0 saturated carbocycles. The average molecular weight is 502 g/mol. The number of carbonyl (C=O) groups is 1. The van der Waals surface area contributed by atoms with Gasteiger partial charge in [0.05, 0.1) is 12.6 Å². The van der Waals surface area contributed by atoms with E-state index in [0.29, 0.717) is 18.3 Å². The summed E-state index contributed by atoms with van der Waals surface area (Å²) in [5, 5.41) is 7.42. The Labute approximate surface area is 220 Å². The number of piperidine rings is 2. The third-order valence-corrected chi connectivity index (χ3v) is 8.07. The number of rotatable bonds is 7. The van der Waals surface area contributed by atoms with Crippen LogP contribution in [0.3, 0.4) is 0 Å². The summed E-state index contributed by atoms with van der Waals surface area (Å²) in [4.78, 5) is 22.4. The molecule has 2 aromatic carbocycles. The van der Waals surface area contributed by atoms with Crippen molar-refractivity contribution in [2.45, 2.75) is 59.0 Å². The minimum atomic E-state index is -0.000727. The Morgan fingerprint density at radius 1 is 1.03 bits per heavy atom. The molecule has 2 aliphatic heterocycles. The molecule has 2 saturated heterocycles. The van der Waals surface area contributed by atoms with Crippen LogP contribution in [0.5, 0.6) is 0 Å². The van der Waals surface area contributed by atoms with E-state index in [1.165, 1.54) is 18.5 Å². The van der Waals surface area contributed by atoms with Gasteiger partial charge in [-0.05, 0) is 81.8 Å². The third-order valence-electron chi connectivity index (χ3n) is 8.07. The van der Waals surface area contributed by atoms with Gasteiger partial charge >= 0.3 is 0 Å². The van der Waals surface area contributed by atoms with Gasteiger partial charge in [-0.15, -0.1) is 0 Å². The molecule has 0 bridgehead atoms. The fourth-order valence-electron chi connectivity index (χ4n) is 5.45. The molecule has 0 aliphatic carbocycles. The number of aryl methyl sites for hydroxylation is 1. The zero-order chi connectivity index (χ0) is 25.8. The number of hydrogen-bond acceptors (Lipinski definition) is 6. The molecule has 1 N–H and O–H groups in total.